The normalized spacial score (nSPS) is 14.4. The third kappa shape index (κ3) is 5.06. The lowest BCUT2D eigenvalue weighted by Crippen LogP contribution is -2.36. The molecule has 27 heavy (non-hydrogen) atoms. The Balaban J connectivity index is 1.72. The fraction of sp³-hybridized carbons (Fsp3) is 0.381. The summed E-state index contributed by atoms with van der Waals surface area (Å²) in [5.74, 6) is 0.0147. The van der Waals surface area contributed by atoms with Crippen molar-refractivity contribution in [1.29, 1.82) is 0 Å². The van der Waals surface area contributed by atoms with Gasteiger partial charge < -0.3 is 15.4 Å². The van der Waals surface area contributed by atoms with Gasteiger partial charge in [0.1, 0.15) is 5.82 Å². The first kappa shape index (κ1) is 18.9. The molecule has 0 unspecified atom stereocenters. The van der Waals surface area contributed by atoms with Gasteiger partial charge in [-0.1, -0.05) is 31.4 Å². The molecule has 0 spiro atoms. The molecule has 1 aliphatic carbocycles. The minimum atomic E-state index is -0.396. The molecule has 1 heterocycles. The molecule has 6 nitrogen and oxygen atoms in total. The summed E-state index contributed by atoms with van der Waals surface area (Å²) in [5, 5.41) is 6.22. The molecule has 0 radical (unpaired) electrons. The number of hydrogen-bond donors (Lipinski definition) is 2. The molecular weight excluding hydrogens is 342 g/mol. The van der Waals surface area contributed by atoms with E-state index in [9.17, 15) is 9.59 Å². The van der Waals surface area contributed by atoms with E-state index in [4.69, 9.17) is 4.74 Å². The summed E-state index contributed by atoms with van der Waals surface area (Å²) in [5.41, 5.74) is 1.57. The number of anilines is 2. The van der Waals surface area contributed by atoms with Crippen molar-refractivity contribution in [3.63, 3.8) is 0 Å². The molecule has 142 valence electrons. The smallest absolute Gasteiger partial charge is 0.340 e. The van der Waals surface area contributed by atoms with Crippen molar-refractivity contribution < 1.29 is 14.3 Å². The number of esters is 1. The van der Waals surface area contributed by atoms with Crippen molar-refractivity contribution in [2.24, 2.45) is 0 Å². The minimum absolute atomic E-state index is 0.0916. The maximum absolute atomic E-state index is 12.5. The van der Waals surface area contributed by atoms with Crippen molar-refractivity contribution in [3.8, 4) is 0 Å². The highest BCUT2D eigenvalue weighted by Crippen LogP contribution is 2.22. The maximum atomic E-state index is 12.5. The first-order valence-electron chi connectivity index (χ1n) is 9.47. The highest BCUT2D eigenvalue weighted by atomic mass is 16.5. The van der Waals surface area contributed by atoms with Gasteiger partial charge in [0.15, 0.2) is 0 Å². The Morgan fingerprint density at radius 1 is 1.15 bits per heavy atom. The number of aromatic nitrogens is 1. The fourth-order valence-corrected chi connectivity index (χ4v) is 3.27. The molecule has 6 heteroatoms. The first-order chi connectivity index (χ1) is 13.2. The molecule has 0 saturated heterocycles. The van der Waals surface area contributed by atoms with Crippen LogP contribution in [0.3, 0.4) is 0 Å². The molecule has 1 aromatic carbocycles. The van der Waals surface area contributed by atoms with E-state index in [2.05, 4.69) is 15.6 Å². The molecule has 3 rings (SSSR count). The summed E-state index contributed by atoms with van der Waals surface area (Å²) in [7, 11) is 0. The molecule has 1 aliphatic rings. The molecule has 1 amide bonds. The largest absolute Gasteiger partial charge is 0.462 e. The van der Waals surface area contributed by atoms with Crippen molar-refractivity contribution in [3.05, 3.63) is 53.7 Å². The van der Waals surface area contributed by atoms with Gasteiger partial charge in [0.05, 0.1) is 17.9 Å². The van der Waals surface area contributed by atoms with E-state index < -0.39 is 5.97 Å². The standard InChI is InChI=1S/C21H25N3O3/c1-2-27-21(26)17-10-6-7-11-18(17)24-19-14-15(12-13-22-19)20(25)23-16-8-4-3-5-9-16/h6-7,10-14,16H,2-5,8-9H2,1H3,(H,22,24)(H,23,25). The summed E-state index contributed by atoms with van der Waals surface area (Å²) >= 11 is 0. The average molecular weight is 367 g/mol. The third-order valence-corrected chi connectivity index (χ3v) is 4.65. The lowest BCUT2D eigenvalue weighted by Gasteiger charge is -2.22. The SMILES string of the molecule is CCOC(=O)c1ccccc1Nc1cc(C(=O)NC2CCCCC2)ccn1. The van der Waals surface area contributed by atoms with Crippen molar-refractivity contribution in [2.75, 3.05) is 11.9 Å². The highest BCUT2D eigenvalue weighted by Gasteiger charge is 2.17. The predicted octanol–water partition coefficient (Wildman–Crippen LogP) is 4.06. The Morgan fingerprint density at radius 2 is 1.93 bits per heavy atom. The van der Waals surface area contributed by atoms with Gasteiger partial charge in [-0.2, -0.15) is 0 Å². The molecule has 2 aromatic rings. The summed E-state index contributed by atoms with van der Waals surface area (Å²) in [6.07, 6.45) is 7.24. The second-order valence-corrected chi connectivity index (χ2v) is 6.63. The van der Waals surface area contributed by atoms with Crippen LogP contribution in [0.1, 0.15) is 59.7 Å². The van der Waals surface area contributed by atoms with E-state index in [0.717, 1.165) is 12.8 Å². The van der Waals surface area contributed by atoms with Gasteiger partial charge in [0.2, 0.25) is 0 Å². The van der Waals surface area contributed by atoms with Crippen LogP contribution in [0.4, 0.5) is 11.5 Å². The first-order valence-corrected chi connectivity index (χ1v) is 9.47. The summed E-state index contributed by atoms with van der Waals surface area (Å²) < 4.78 is 5.09. The van der Waals surface area contributed by atoms with Crippen LogP contribution in [0.5, 0.6) is 0 Å². The number of carbonyl (C=O) groups excluding carboxylic acids is 2. The molecule has 2 N–H and O–H groups in total. The zero-order chi connectivity index (χ0) is 19.1. The number of nitrogens with zero attached hydrogens (tertiary/aromatic N) is 1. The van der Waals surface area contributed by atoms with Gasteiger partial charge in [-0.15, -0.1) is 0 Å². The predicted molar refractivity (Wildman–Crippen MR) is 104 cm³/mol. The van der Waals surface area contributed by atoms with Gasteiger partial charge in [0.25, 0.3) is 5.91 Å². The number of pyridine rings is 1. The molecular formula is C21H25N3O3. The summed E-state index contributed by atoms with van der Waals surface area (Å²) in [6.45, 7) is 2.08. The quantitative estimate of drug-likeness (QED) is 0.753. The minimum Gasteiger partial charge on any atom is -0.462 e. The van der Waals surface area contributed by atoms with Gasteiger partial charge in [-0.3, -0.25) is 4.79 Å². The molecule has 1 fully saturated rings. The lowest BCUT2D eigenvalue weighted by molar-refractivity contribution is 0.0527. The van der Waals surface area contributed by atoms with E-state index in [-0.39, 0.29) is 11.9 Å². The second-order valence-electron chi connectivity index (χ2n) is 6.63. The summed E-state index contributed by atoms with van der Waals surface area (Å²) in [6, 6.07) is 10.7. The van der Waals surface area contributed by atoms with Gasteiger partial charge >= 0.3 is 5.97 Å². The number of rotatable bonds is 6. The van der Waals surface area contributed by atoms with Crippen LogP contribution >= 0.6 is 0 Å². The number of amides is 1. The average Bonchev–Trinajstić information content (AvgIpc) is 2.69. The molecule has 0 atom stereocenters. The second kappa shape index (κ2) is 9.16. The Kier molecular flexibility index (Phi) is 6.41. The molecule has 1 aromatic heterocycles. The zero-order valence-corrected chi connectivity index (χ0v) is 15.5. The van der Waals surface area contributed by atoms with E-state index in [1.807, 2.05) is 6.07 Å². The van der Waals surface area contributed by atoms with E-state index in [1.165, 1.54) is 19.3 Å². The maximum Gasteiger partial charge on any atom is 0.340 e. The van der Waals surface area contributed by atoms with Crippen molar-refractivity contribution in [2.45, 2.75) is 45.1 Å². The topological polar surface area (TPSA) is 80.3 Å². The monoisotopic (exact) mass is 367 g/mol. The van der Waals surface area contributed by atoms with Crippen LogP contribution in [0.25, 0.3) is 0 Å². The number of nitrogens with one attached hydrogen (secondary N) is 2. The Hall–Kier alpha value is -2.89. The zero-order valence-electron chi connectivity index (χ0n) is 15.5. The van der Waals surface area contributed by atoms with Crippen LogP contribution in [-0.4, -0.2) is 29.5 Å². The highest BCUT2D eigenvalue weighted by molar-refractivity contribution is 5.97. The molecule has 0 bridgehead atoms. The van der Waals surface area contributed by atoms with Gasteiger partial charge in [-0.05, 0) is 44.0 Å². The third-order valence-electron chi connectivity index (χ3n) is 4.65. The van der Waals surface area contributed by atoms with Crippen molar-refractivity contribution in [1.82, 2.24) is 10.3 Å². The number of hydrogen-bond acceptors (Lipinski definition) is 5. The molecule has 1 saturated carbocycles. The number of benzene rings is 1. The van der Waals surface area contributed by atoms with Crippen LogP contribution in [-0.2, 0) is 4.74 Å². The van der Waals surface area contributed by atoms with E-state index in [0.29, 0.717) is 29.2 Å². The van der Waals surface area contributed by atoms with E-state index >= 15 is 0 Å². The lowest BCUT2D eigenvalue weighted by atomic mass is 9.95. The van der Waals surface area contributed by atoms with Gasteiger partial charge in [-0.25, -0.2) is 9.78 Å². The van der Waals surface area contributed by atoms with E-state index in [1.54, 1.807) is 43.5 Å². The fourth-order valence-electron chi connectivity index (χ4n) is 3.27. The van der Waals surface area contributed by atoms with Crippen LogP contribution in [0.15, 0.2) is 42.6 Å². The summed E-state index contributed by atoms with van der Waals surface area (Å²) in [4.78, 5) is 28.9. The van der Waals surface area contributed by atoms with Crippen LogP contribution in [0.2, 0.25) is 0 Å². The Labute approximate surface area is 159 Å². The number of ether oxygens (including phenoxy) is 1. The van der Waals surface area contributed by atoms with Gasteiger partial charge in [0, 0.05) is 17.8 Å². The molecule has 0 aliphatic heterocycles. The van der Waals surface area contributed by atoms with Crippen LogP contribution in [0, 0.1) is 0 Å². The Bertz CT molecular complexity index is 801. The van der Waals surface area contributed by atoms with Crippen LogP contribution < -0.4 is 10.6 Å². The number of carbonyl (C=O) groups is 2. The Morgan fingerprint density at radius 3 is 2.70 bits per heavy atom. The van der Waals surface area contributed by atoms with Crippen molar-refractivity contribution >= 4 is 23.4 Å². The number of para-hydroxylation sites is 1.